The van der Waals surface area contributed by atoms with E-state index in [2.05, 4.69) is 4.99 Å². The number of benzene rings is 1. The molecule has 0 unspecified atom stereocenters. The number of aliphatic hydroxyl groups excluding tert-OH is 1. The number of esters is 1. The Bertz CT molecular complexity index is 517. The number of ether oxygens (including phenoxy) is 4. The maximum atomic E-state index is 11.7. The van der Waals surface area contributed by atoms with Gasteiger partial charge in [-0.15, -0.1) is 0 Å². The SMILES string of the molecule is COc1cc(C=NCCOCCO)ccc1OC(=O)[C@@H](C)OC. The summed E-state index contributed by atoms with van der Waals surface area (Å²) in [4.78, 5) is 15.9. The van der Waals surface area contributed by atoms with Gasteiger partial charge in [0, 0.05) is 13.3 Å². The summed E-state index contributed by atoms with van der Waals surface area (Å²) in [6.07, 6.45) is 1.02. The predicted molar refractivity (Wildman–Crippen MR) is 85.5 cm³/mol. The largest absolute Gasteiger partial charge is 0.493 e. The van der Waals surface area contributed by atoms with Crippen molar-refractivity contribution in [2.24, 2.45) is 4.99 Å². The Balaban J connectivity index is 2.65. The van der Waals surface area contributed by atoms with Gasteiger partial charge in [-0.1, -0.05) is 0 Å². The van der Waals surface area contributed by atoms with E-state index in [1.807, 2.05) is 0 Å². The van der Waals surface area contributed by atoms with Crippen LogP contribution in [0.5, 0.6) is 11.5 Å². The molecule has 1 rings (SSSR count). The van der Waals surface area contributed by atoms with Crippen LogP contribution in [0.3, 0.4) is 0 Å². The van der Waals surface area contributed by atoms with Gasteiger partial charge in [-0.2, -0.15) is 0 Å². The molecule has 7 heteroatoms. The second-order valence-electron chi connectivity index (χ2n) is 4.58. The van der Waals surface area contributed by atoms with Crippen LogP contribution >= 0.6 is 0 Å². The Kier molecular flexibility index (Phi) is 8.89. The topological polar surface area (TPSA) is 86.6 Å². The molecule has 1 N–H and O–H groups in total. The second-order valence-corrected chi connectivity index (χ2v) is 4.58. The summed E-state index contributed by atoms with van der Waals surface area (Å²) in [5.74, 6) is 0.264. The Morgan fingerprint density at radius 2 is 2.09 bits per heavy atom. The lowest BCUT2D eigenvalue weighted by atomic mass is 10.2. The van der Waals surface area contributed by atoms with E-state index in [-0.39, 0.29) is 6.61 Å². The molecular weight excluding hydrogens is 302 g/mol. The van der Waals surface area contributed by atoms with Gasteiger partial charge in [-0.25, -0.2) is 4.79 Å². The third kappa shape index (κ3) is 6.77. The molecule has 0 aliphatic heterocycles. The summed E-state index contributed by atoms with van der Waals surface area (Å²) in [6, 6.07) is 5.13. The minimum atomic E-state index is -0.653. The minimum Gasteiger partial charge on any atom is -0.493 e. The van der Waals surface area contributed by atoms with Crippen LogP contribution in [0, 0.1) is 0 Å². The van der Waals surface area contributed by atoms with Crippen molar-refractivity contribution in [2.75, 3.05) is 40.6 Å². The Morgan fingerprint density at radius 1 is 1.30 bits per heavy atom. The van der Waals surface area contributed by atoms with Crippen LogP contribution in [0.15, 0.2) is 23.2 Å². The molecule has 0 amide bonds. The Hall–Kier alpha value is -1.96. The number of hydrogen-bond acceptors (Lipinski definition) is 7. The lowest BCUT2D eigenvalue weighted by Crippen LogP contribution is -2.24. The molecule has 23 heavy (non-hydrogen) atoms. The van der Waals surface area contributed by atoms with Crippen LogP contribution in [0.1, 0.15) is 12.5 Å². The zero-order valence-electron chi connectivity index (χ0n) is 13.7. The molecule has 0 aliphatic rings. The number of rotatable bonds is 10. The number of carbonyl (C=O) groups excluding carboxylic acids is 1. The fraction of sp³-hybridized carbons (Fsp3) is 0.500. The van der Waals surface area contributed by atoms with Crippen LogP contribution in [0.2, 0.25) is 0 Å². The van der Waals surface area contributed by atoms with Crippen molar-refractivity contribution in [2.45, 2.75) is 13.0 Å². The molecule has 0 radical (unpaired) electrons. The molecule has 0 saturated heterocycles. The smallest absolute Gasteiger partial charge is 0.340 e. The molecule has 0 fully saturated rings. The number of hydrogen-bond donors (Lipinski definition) is 1. The van der Waals surface area contributed by atoms with Crippen LogP contribution in [0.25, 0.3) is 0 Å². The molecule has 0 saturated carbocycles. The molecule has 0 heterocycles. The first-order valence-corrected chi connectivity index (χ1v) is 7.23. The summed E-state index contributed by atoms with van der Waals surface area (Å²) in [6.45, 7) is 2.85. The lowest BCUT2D eigenvalue weighted by Gasteiger charge is -2.12. The van der Waals surface area contributed by atoms with Gasteiger partial charge < -0.3 is 24.1 Å². The van der Waals surface area contributed by atoms with Crippen molar-refractivity contribution in [3.05, 3.63) is 23.8 Å². The molecular formula is C16H23NO6. The van der Waals surface area contributed by atoms with Gasteiger partial charge in [0.15, 0.2) is 17.6 Å². The standard InChI is InChI=1S/C16H23NO6/c1-12(20-2)16(19)23-14-5-4-13(10-15(14)21-3)11-17-6-8-22-9-7-18/h4-5,10-12,18H,6-9H2,1-3H3/t12-/m1/s1. The highest BCUT2D eigenvalue weighted by molar-refractivity contribution is 5.82. The first kappa shape index (κ1) is 19.1. The summed E-state index contributed by atoms with van der Waals surface area (Å²) in [5.41, 5.74) is 0.809. The van der Waals surface area contributed by atoms with Gasteiger partial charge in [-0.3, -0.25) is 4.99 Å². The van der Waals surface area contributed by atoms with Crippen LogP contribution in [-0.2, 0) is 14.3 Å². The van der Waals surface area contributed by atoms with Gasteiger partial charge >= 0.3 is 5.97 Å². The number of methoxy groups -OCH3 is 2. The quantitative estimate of drug-likeness (QED) is 0.300. The molecule has 0 aliphatic carbocycles. The lowest BCUT2D eigenvalue weighted by molar-refractivity contribution is -0.144. The average molecular weight is 325 g/mol. The van der Waals surface area contributed by atoms with Crippen molar-refractivity contribution in [3.8, 4) is 11.5 Å². The summed E-state index contributed by atoms with van der Waals surface area (Å²) < 4.78 is 20.5. The van der Waals surface area contributed by atoms with E-state index >= 15 is 0 Å². The van der Waals surface area contributed by atoms with E-state index in [9.17, 15) is 4.79 Å². The number of carbonyl (C=O) groups is 1. The van der Waals surface area contributed by atoms with Crippen LogP contribution < -0.4 is 9.47 Å². The second kappa shape index (κ2) is 10.7. The Morgan fingerprint density at radius 3 is 2.74 bits per heavy atom. The van der Waals surface area contributed by atoms with Crippen molar-refractivity contribution in [1.82, 2.24) is 0 Å². The molecule has 0 bridgehead atoms. The van der Waals surface area contributed by atoms with Crippen molar-refractivity contribution < 1.29 is 28.8 Å². The van der Waals surface area contributed by atoms with Crippen molar-refractivity contribution in [1.29, 1.82) is 0 Å². The van der Waals surface area contributed by atoms with E-state index in [1.54, 1.807) is 31.3 Å². The van der Waals surface area contributed by atoms with Crippen LogP contribution in [0.4, 0.5) is 0 Å². The maximum absolute atomic E-state index is 11.7. The van der Waals surface area contributed by atoms with E-state index in [0.717, 1.165) is 5.56 Å². The van der Waals surface area contributed by atoms with E-state index in [0.29, 0.717) is 31.3 Å². The fourth-order valence-corrected chi connectivity index (χ4v) is 1.59. The first-order chi connectivity index (χ1) is 11.1. The van der Waals surface area contributed by atoms with Gasteiger partial charge in [0.1, 0.15) is 0 Å². The van der Waals surface area contributed by atoms with Gasteiger partial charge in [-0.05, 0) is 30.7 Å². The Labute approximate surface area is 135 Å². The molecule has 1 atom stereocenters. The summed E-state index contributed by atoms with van der Waals surface area (Å²) in [7, 11) is 2.93. The van der Waals surface area contributed by atoms with Crippen molar-refractivity contribution in [3.63, 3.8) is 0 Å². The van der Waals surface area contributed by atoms with Gasteiger partial charge in [0.2, 0.25) is 0 Å². The van der Waals surface area contributed by atoms with E-state index in [4.69, 9.17) is 24.1 Å². The van der Waals surface area contributed by atoms with E-state index in [1.165, 1.54) is 14.2 Å². The molecule has 128 valence electrons. The third-order valence-electron chi connectivity index (χ3n) is 2.92. The monoisotopic (exact) mass is 325 g/mol. The van der Waals surface area contributed by atoms with Gasteiger partial charge in [0.05, 0.1) is 33.5 Å². The molecule has 1 aromatic rings. The minimum absolute atomic E-state index is 0.00276. The molecule has 0 spiro atoms. The zero-order chi connectivity index (χ0) is 17.1. The highest BCUT2D eigenvalue weighted by Gasteiger charge is 2.16. The maximum Gasteiger partial charge on any atom is 0.340 e. The third-order valence-corrected chi connectivity index (χ3v) is 2.92. The first-order valence-electron chi connectivity index (χ1n) is 7.23. The van der Waals surface area contributed by atoms with Crippen molar-refractivity contribution >= 4 is 12.2 Å². The summed E-state index contributed by atoms with van der Waals surface area (Å²) in [5, 5.41) is 8.58. The highest BCUT2D eigenvalue weighted by Crippen LogP contribution is 2.28. The predicted octanol–water partition coefficient (Wildman–Crippen LogP) is 1.06. The number of nitrogens with zero attached hydrogens (tertiary/aromatic N) is 1. The molecule has 0 aromatic heterocycles. The summed E-state index contributed by atoms with van der Waals surface area (Å²) >= 11 is 0. The highest BCUT2D eigenvalue weighted by atomic mass is 16.6. The number of aliphatic hydroxyl groups is 1. The molecule has 7 nitrogen and oxygen atoms in total. The normalized spacial score (nSPS) is 12.3. The fourth-order valence-electron chi connectivity index (χ4n) is 1.59. The average Bonchev–Trinajstić information content (AvgIpc) is 2.58. The molecule has 1 aromatic carbocycles. The van der Waals surface area contributed by atoms with Gasteiger partial charge in [0.25, 0.3) is 0 Å². The number of aliphatic imine (C=N–C) groups is 1. The van der Waals surface area contributed by atoms with Crippen LogP contribution in [-0.4, -0.2) is 64.0 Å². The zero-order valence-corrected chi connectivity index (χ0v) is 13.7. The van der Waals surface area contributed by atoms with E-state index < -0.39 is 12.1 Å².